The lowest BCUT2D eigenvalue weighted by molar-refractivity contribution is 0.240. The molecule has 128 valence electrons. The van der Waals surface area contributed by atoms with Gasteiger partial charge in [0.25, 0.3) is 0 Å². The highest BCUT2D eigenvalue weighted by atomic mass is 16.5. The third-order valence-electron chi connectivity index (χ3n) is 4.10. The van der Waals surface area contributed by atoms with E-state index < -0.39 is 0 Å². The average molecular weight is 326 g/mol. The molecule has 4 heteroatoms. The molecule has 1 unspecified atom stereocenters. The minimum atomic E-state index is -0.120. The monoisotopic (exact) mass is 326 g/mol. The average Bonchev–Trinajstić information content (AvgIpc) is 2.62. The lowest BCUT2D eigenvalue weighted by Crippen LogP contribution is -2.37. The largest absolute Gasteiger partial charge is 0.496 e. The number of nitrogens with one attached hydrogen (secondary N) is 2. The number of urea groups is 1. The van der Waals surface area contributed by atoms with E-state index in [0.717, 1.165) is 24.2 Å². The van der Waals surface area contributed by atoms with Gasteiger partial charge in [-0.3, -0.25) is 0 Å². The summed E-state index contributed by atoms with van der Waals surface area (Å²) in [5.41, 5.74) is 2.40. The molecule has 2 aromatic carbocycles. The Bertz CT molecular complexity index is 629. The third-order valence-corrected chi connectivity index (χ3v) is 4.10. The topological polar surface area (TPSA) is 50.4 Å². The van der Waals surface area contributed by atoms with Gasteiger partial charge in [0.15, 0.2) is 0 Å². The molecule has 2 aromatic rings. The number of carbonyl (C=O) groups excluding carboxylic acids is 1. The van der Waals surface area contributed by atoms with Gasteiger partial charge in [-0.1, -0.05) is 55.5 Å². The van der Waals surface area contributed by atoms with Crippen LogP contribution in [0.5, 0.6) is 5.75 Å². The molecule has 0 aliphatic carbocycles. The number of hydrogen-bond donors (Lipinski definition) is 2. The predicted octanol–water partition coefficient (Wildman–Crippen LogP) is 3.73. The van der Waals surface area contributed by atoms with Crippen LogP contribution >= 0.6 is 0 Å². The van der Waals surface area contributed by atoms with E-state index in [1.807, 2.05) is 42.5 Å². The van der Waals surface area contributed by atoms with E-state index in [1.54, 1.807) is 7.11 Å². The third kappa shape index (κ3) is 5.61. The fraction of sp³-hybridized carbons (Fsp3) is 0.350. The molecule has 2 rings (SSSR count). The fourth-order valence-electron chi connectivity index (χ4n) is 2.63. The Labute approximate surface area is 144 Å². The van der Waals surface area contributed by atoms with Gasteiger partial charge in [-0.15, -0.1) is 0 Å². The summed E-state index contributed by atoms with van der Waals surface area (Å²) in [6.07, 6.45) is 1.67. The Balaban J connectivity index is 1.65. The summed E-state index contributed by atoms with van der Waals surface area (Å²) in [5.74, 6) is 1.29. The van der Waals surface area contributed by atoms with E-state index in [0.29, 0.717) is 19.0 Å². The zero-order valence-electron chi connectivity index (χ0n) is 14.4. The molecule has 0 spiro atoms. The maximum Gasteiger partial charge on any atom is 0.314 e. The number of para-hydroxylation sites is 1. The second-order valence-corrected chi connectivity index (χ2v) is 5.84. The van der Waals surface area contributed by atoms with Crippen molar-refractivity contribution < 1.29 is 9.53 Å². The van der Waals surface area contributed by atoms with Crippen LogP contribution in [0.1, 0.15) is 30.4 Å². The van der Waals surface area contributed by atoms with Crippen molar-refractivity contribution in [3.05, 3.63) is 65.7 Å². The standard InChI is InChI=1S/C20H26N2O2/c1-16(17-8-4-3-5-9-17)12-14-21-20(23)22-15-13-18-10-6-7-11-19(18)24-2/h3-11,16H,12-15H2,1-2H3,(H2,21,22,23). The van der Waals surface area contributed by atoms with Crippen molar-refractivity contribution in [1.29, 1.82) is 0 Å². The number of carbonyl (C=O) groups is 1. The molecule has 4 nitrogen and oxygen atoms in total. The van der Waals surface area contributed by atoms with E-state index in [2.05, 4.69) is 29.7 Å². The van der Waals surface area contributed by atoms with Crippen molar-refractivity contribution in [1.82, 2.24) is 10.6 Å². The van der Waals surface area contributed by atoms with E-state index in [4.69, 9.17) is 4.74 Å². The van der Waals surface area contributed by atoms with Crippen LogP contribution in [0.2, 0.25) is 0 Å². The van der Waals surface area contributed by atoms with Crippen molar-refractivity contribution in [2.45, 2.75) is 25.7 Å². The molecule has 0 radical (unpaired) electrons. The molecule has 0 aliphatic rings. The molecule has 0 aliphatic heterocycles. The maximum atomic E-state index is 11.9. The summed E-state index contributed by atoms with van der Waals surface area (Å²) >= 11 is 0. The Morgan fingerprint density at radius 3 is 2.42 bits per heavy atom. The summed E-state index contributed by atoms with van der Waals surface area (Å²) in [4.78, 5) is 11.9. The first kappa shape index (κ1) is 17.9. The second kappa shape index (κ2) is 9.60. The van der Waals surface area contributed by atoms with Crippen LogP contribution < -0.4 is 15.4 Å². The predicted molar refractivity (Wildman–Crippen MR) is 97.6 cm³/mol. The van der Waals surface area contributed by atoms with Crippen LogP contribution in [0.3, 0.4) is 0 Å². The summed E-state index contributed by atoms with van der Waals surface area (Å²) in [7, 11) is 1.66. The zero-order valence-corrected chi connectivity index (χ0v) is 14.4. The van der Waals surface area contributed by atoms with Gasteiger partial charge in [0.1, 0.15) is 5.75 Å². The van der Waals surface area contributed by atoms with E-state index >= 15 is 0 Å². The van der Waals surface area contributed by atoms with E-state index in [-0.39, 0.29) is 6.03 Å². The van der Waals surface area contributed by atoms with Crippen LogP contribution in [-0.2, 0) is 6.42 Å². The van der Waals surface area contributed by atoms with Gasteiger partial charge in [-0.2, -0.15) is 0 Å². The van der Waals surface area contributed by atoms with E-state index in [9.17, 15) is 4.79 Å². The number of rotatable bonds is 8. The number of amides is 2. The van der Waals surface area contributed by atoms with Crippen LogP contribution in [0.25, 0.3) is 0 Å². The first-order valence-corrected chi connectivity index (χ1v) is 8.39. The van der Waals surface area contributed by atoms with Gasteiger partial charge in [0, 0.05) is 13.1 Å². The summed E-state index contributed by atoms with van der Waals surface area (Å²) in [6.45, 7) is 3.42. The minimum absolute atomic E-state index is 0.120. The lowest BCUT2D eigenvalue weighted by atomic mass is 9.98. The molecule has 1 atom stereocenters. The Hall–Kier alpha value is -2.49. The van der Waals surface area contributed by atoms with Crippen LogP contribution in [0.4, 0.5) is 4.79 Å². The quantitative estimate of drug-likeness (QED) is 0.776. The molecular formula is C20H26N2O2. The van der Waals surface area contributed by atoms with Crippen molar-refractivity contribution in [3.8, 4) is 5.75 Å². The van der Waals surface area contributed by atoms with Crippen molar-refractivity contribution >= 4 is 6.03 Å². The molecule has 24 heavy (non-hydrogen) atoms. The second-order valence-electron chi connectivity index (χ2n) is 5.84. The Kier molecular flexibility index (Phi) is 7.15. The summed E-state index contributed by atoms with van der Waals surface area (Å²) < 4.78 is 5.31. The highest BCUT2D eigenvalue weighted by Gasteiger charge is 2.06. The molecule has 2 amide bonds. The Morgan fingerprint density at radius 1 is 1.00 bits per heavy atom. The molecule has 0 saturated carbocycles. The molecular weight excluding hydrogens is 300 g/mol. The number of benzene rings is 2. The van der Waals surface area contributed by atoms with Gasteiger partial charge in [0.2, 0.25) is 0 Å². The van der Waals surface area contributed by atoms with Gasteiger partial charge in [-0.05, 0) is 36.0 Å². The van der Waals surface area contributed by atoms with Crippen LogP contribution in [0.15, 0.2) is 54.6 Å². The van der Waals surface area contributed by atoms with E-state index in [1.165, 1.54) is 5.56 Å². The van der Waals surface area contributed by atoms with Crippen molar-refractivity contribution in [2.24, 2.45) is 0 Å². The molecule has 0 fully saturated rings. The normalized spacial score (nSPS) is 11.6. The van der Waals surface area contributed by atoms with Gasteiger partial charge in [-0.25, -0.2) is 4.79 Å². The molecule has 0 saturated heterocycles. The summed E-state index contributed by atoms with van der Waals surface area (Å²) in [5, 5.41) is 5.81. The summed E-state index contributed by atoms with van der Waals surface area (Å²) in [6, 6.07) is 18.1. The van der Waals surface area contributed by atoms with Crippen LogP contribution in [-0.4, -0.2) is 26.2 Å². The smallest absolute Gasteiger partial charge is 0.314 e. The maximum absolute atomic E-state index is 11.9. The highest BCUT2D eigenvalue weighted by Crippen LogP contribution is 2.18. The minimum Gasteiger partial charge on any atom is -0.496 e. The SMILES string of the molecule is COc1ccccc1CCNC(=O)NCCC(C)c1ccccc1. The van der Waals surface area contributed by atoms with Gasteiger partial charge < -0.3 is 15.4 Å². The van der Waals surface area contributed by atoms with Crippen molar-refractivity contribution in [2.75, 3.05) is 20.2 Å². The molecule has 0 aromatic heterocycles. The number of ether oxygens (including phenoxy) is 1. The van der Waals surface area contributed by atoms with Crippen molar-refractivity contribution in [3.63, 3.8) is 0 Å². The number of hydrogen-bond acceptors (Lipinski definition) is 2. The number of methoxy groups -OCH3 is 1. The molecule has 0 bridgehead atoms. The highest BCUT2D eigenvalue weighted by molar-refractivity contribution is 5.73. The molecule has 0 heterocycles. The first-order valence-electron chi connectivity index (χ1n) is 8.39. The van der Waals surface area contributed by atoms with Crippen LogP contribution in [0, 0.1) is 0 Å². The first-order chi connectivity index (χ1) is 11.7. The molecule has 2 N–H and O–H groups in total. The van der Waals surface area contributed by atoms with Gasteiger partial charge in [0.05, 0.1) is 7.11 Å². The Morgan fingerprint density at radius 2 is 1.67 bits per heavy atom. The lowest BCUT2D eigenvalue weighted by Gasteiger charge is -2.13. The fourth-order valence-corrected chi connectivity index (χ4v) is 2.63. The zero-order chi connectivity index (χ0) is 17.2. The van der Waals surface area contributed by atoms with Gasteiger partial charge >= 0.3 is 6.03 Å².